The highest BCUT2D eigenvalue weighted by Crippen LogP contribution is 2.22. The van der Waals surface area contributed by atoms with Crippen LogP contribution in [0.3, 0.4) is 0 Å². The number of nitrogens with zero attached hydrogens (tertiary/aromatic N) is 5. The topological polar surface area (TPSA) is 80.4 Å². The number of hydrogen-bond donors (Lipinski definition) is 0. The second-order valence-electron chi connectivity index (χ2n) is 8.02. The molecule has 0 saturated carbocycles. The van der Waals surface area contributed by atoms with E-state index >= 15 is 0 Å². The quantitative estimate of drug-likeness (QED) is 0.607. The van der Waals surface area contributed by atoms with Gasteiger partial charge in [-0.25, -0.2) is 4.79 Å². The number of carbonyl (C=O) groups excluding carboxylic acids is 1. The van der Waals surface area contributed by atoms with Gasteiger partial charge in [0, 0.05) is 43.4 Å². The summed E-state index contributed by atoms with van der Waals surface area (Å²) in [4.78, 5) is 42.5. The molecule has 0 spiro atoms. The van der Waals surface area contributed by atoms with Crippen LogP contribution in [0.4, 0.5) is 5.69 Å². The van der Waals surface area contributed by atoms with Gasteiger partial charge >= 0.3 is 5.69 Å². The standard InChI is InChI=1S/C23H24ClN5O3/c1-15-5-4-6-19(13-15)28-12-11-27(14-16(28)2)22(31)20-21(30)26(3)23(32)29(25-20)18-9-7-17(24)8-10-18/h4-10,13,16H,11-12,14H2,1-3H3. The van der Waals surface area contributed by atoms with Crippen molar-refractivity contribution < 1.29 is 4.79 Å². The van der Waals surface area contributed by atoms with Gasteiger partial charge in [-0.05, 0) is 55.8 Å². The lowest BCUT2D eigenvalue weighted by atomic mass is 10.1. The summed E-state index contributed by atoms with van der Waals surface area (Å²) in [6, 6.07) is 14.7. The van der Waals surface area contributed by atoms with Crippen LogP contribution in [-0.4, -0.2) is 50.8 Å². The van der Waals surface area contributed by atoms with Crippen LogP contribution >= 0.6 is 11.6 Å². The maximum atomic E-state index is 13.3. The highest BCUT2D eigenvalue weighted by Gasteiger charge is 2.30. The molecule has 3 aromatic rings. The van der Waals surface area contributed by atoms with Gasteiger partial charge in [-0.15, -0.1) is 0 Å². The van der Waals surface area contributed by atoms with Gasteiger partial charge in [-0.3, -0.25) is 14.2 Å². The third-order valence-corrected chi connectivity index (χ3v) is 5.95. The van der Waals surface area contributed by atoms with Crippen molar-refractivity contribution in [1.82, 2.24) is 19.2 Å². The van der Waals surface area contributed by atoms with E-state index in [4.69, 9.17) is 11.6 Å². The lowest BCUT2D eigenvalue weighted by Gasteiger charge is -2.41. The number of amides is 1. The molecule has 1 aliphatic heterocycles. The number of carbonyl (C=O) groups is 1. The molecule has 0 N–H and O–H groups in total. The van der Waals surface area contributed by atoms with Crippen LogP contribution in [0, 0.1) is 6.92 Å². The zero-order valence-corrected chi connectivity index (χ0v) is 18.9. The second kappa shape index (κ2) is 8.63. The minimum absolute atomic E-state index is 0.0560. The van der Waals surface area contributed by atoms with Crippen LogP contribution in [-0.2, 0) is 7.05 Å². The van der Waals surface area contributed by atoms with Gasteiger partial charge in [0.15, 0.2) is 0 Å². The number of rotatable bonds is 3. The number of aryl methyl sites for hydroxylation is 1. The third-order valence-electron chi connectivity index (χ3n) is 5.70. The predicted octanol–water partition coefficient (Wildman–Crippen LogP) is 2.24. The summed E-state index contributed by atoms with van der Waals surface area (Å²) < 4.78 is 1.96. The summed E-state index contributed by atoms with van der Waals surface area (Å²) in [5.74, 6) is -0.482. The Morgan fingerprint density at radius 2 is 1.78 bits per heavy atom. The van der Waals surface area contributed by atoms with E-state index in [1.54, 1.807) is 29.2 Å². The number of piperazine rings is 1. The smallest absolute Gasteiger partial charge is 0.351 e. The zero-order valence-electron chi connectivity index (χ0n) is 18.2. The summed E-state index contributed by atoms with van der Waals surface area (Å²) in [6.45, 7) is 5.61. The number of halogens is 1. The van der Waals surface area contributed by atoms with Crippen molar-refractivity contribution in [2.24, 2.45) is 7.05 Å². The molecule has 9 heteroatoms. The Hall–Kier alpha value is -3.39. The molecule has 1 amide bonds. The molecule has 2 heterocycles. The van der Waals surface area contributed by atoms with Crippen LogP contribution in [0.2, 0.25) is 5.02 Å². The fourth-order valence-corrected chi connectivity index (χ4v) is 4.07. The fraction of sp³-hybridized carbons (Fsp3) is 0.304. The summed E-state index contributed by atoms with van der Waals surface area (Å²) in [5.41, 5.74) is 1.07. The van der Waals surface area contributed by atoms with Gasteiger partial charge in [0.05, 0.1) is 5.69 Å². The third kappa shape index (κ3) is 4.05. The summed E-state index contributed by atoms with van der Waals surface area (Å²) in [6.07, 6.45) is 0. The van der Waals surface area contributed by atoms with Crippen molar-refractivity contribution in [1.29, 1.82) is 0 Å². The first-order valence-electron chi connectivity index (χ1n) is 10.3. The van der Waals surface area contributed by atoms with Crippen molar-refractivity contribution in [2.75, 3.05) is 24.5 Å². The highest BCUT2D eigenvalue weighted by molar-refractivity contribution is 6.30. The minimum atomic E-state index is -0.709. The molecule has 8 nitrogen and oxygen atoms in total. The molecule has 1 unspecified atom stereocenters. The molecule has 1 atom stereocenters. The highest BCUT2D eigenvalue weighted by atomic mass is 35.5. The Kier molecular flexibility index (Phi) is 5.88. The lowest BCUT2D eigenvalue weighted by molar-refractivity contribution is 0.0715. The average molecular weight is 454 g/mol. The summed E-state index contributed by atoms with van der Waals surface area (Å²) in [7, 11) is 1.34. The van der Waals surface area contributed by atoms with Gasteiger partial charge < -0.3 is 9.80 Å². The Balaban J connectivity index is 1.63. The van der Waals surface area contributed by atoms with E-state index in [1.807, 2.05) is 26.0 Å². The van der Waals surface area contributed by atoms with E-state index in [-0.39, 0.29) is 11.7 Å². The van der Waals surface area contributed by atoms with Crippen LogP contribution in [0.1, 0.15) is 23.0 Å². The Morgan fingerprint density at radius 3 is 2.44 bits per heavy atom. The molecule has 32 heavy (non-hydrogen) atoms. The van der Waals surface area contributed by atoms with Gasteiger partial charge in [-0.2, -0.15) is 9.78 Å². The van der Waals surface area contributed by atoms with Crippen molar-refractivity contribution >= 4 is 23.2 Å². The second-order valence-corrected chi connectivity index (χ2v) is 8.45. The first-order valence-corrected chi connectivity index (χ1v) is 10.7. The van der Waals surface area contributed by atoms with Crippen molar-refractivity contribution in [2.45, 2.75) is 19.9 Å². The molecule has 0 radical (unpaired) electrons. The van der Waals surface area contributed by atoms with Gasteiger partial charge in [0.2, 0.25) is 5.69 Å². The Morgan fingerprint density at radius 1 is 1.06 bits per heavy atom. The first kappa shape index (κ1) is 21.8. The van der Waals surface area contributed by atoms with Crippen molar-refractivity contribution in [3.8, 4) is 5.69 Å². The number of benzene rings is 2. The number of aromatic nitrogens is 3. The zero-order chi connectivity index (χ0) is 23.0. The van der Waals surface area contributed by atoms with Gasteiger partial charge in [0.25, 0.3) is 11.5 Å². The molecule has 4 rings (SSSR count). The van der Waals surface area contributed by atoms with Gasteiger partial charge in [0.1, 0.15) is 0 Å². The largest absolute Gasteiger partial charge is 0.365 e. The molecule has 166 valence electrons. The Labute approximate surface area is 190 Å². The normalized spacial score (nSPS) is 16.3. The molecule has 0 aliphatic carbocycles. The average Bonchev–Trinajstić information content (AvgIpc) is 2.78. The van der Waals surface area contributed by atoms with Crippen LogP contribution in [0.15, 0.2) is 58.1 Å². The van der Waals surface area contributed by atoms with Crippen LogP contribution in [0.25, 0.3) is 5.69 Å². The maximum absolute atomic E-state index is 13.3. The molecular weight excluding hydrogens is 430 g/mol. The first-order chi connectivity index (χ1) is 15.3. The Bertz CT molecular complexity index is 1280. The molecule has 0 bridgehead atoms. The molecule has 2 aromatic carbocycles. The molecule has 1 aliphatic rings. The van der Waals surface area contributed by atoms with Gasteiger partial charge in [-0.1, -0.05) is 23.7 Å². The molecular formula is C23H24ClN5O3. The molecule has 1 saturated heterocycles. The van der Waals surface area contributed by atoms with E-state index in [0.29, 0.717) is 30.3 Å². The monoisotopic (exact) mass is 453 g/mol. The van der Waals surface area contributed by atoms with Crippen molar-refractivity contribution in [3.63, 3.8) is 0 Å². The van der Waals surface area contributed by atoms with Crippen LogP contribution < -0.4 is 16.1 Å². The SMILES string of the molecule is Cc1cccc(N2CCN(C(=O)c3nn(-c4ccc(Cl)cc4)c(=O)n(C)c3=O)CC2C)c1. The van der Waals surface area contributed by atoms with E-state index < -0.39 is 17.2 Å². The fourth-order valence-electron chi connectivity index (χ4n) is 3.94. The van der Waals surface area contributed by atoms with E-state index in [9.17, 15) is 14.4 Å². The summed E-state index contributed by atoms with van der Waals surface area (Å²) in [5, 5.41) is 4.65. The number of anilines is 1. The van der Waals surface area contributed by atoms with Crippen LogP contribution in [0.5, 0.6) is 0 Å². The minimum Gasteiger partial charge on any atom is -0.365 e. The molecule has 1 aromatic heterocycles. The van der Waals surface area contributed by atoms with E-state index in [0.717, 1.165) is 14.9 Å². The molecule has 1 fully saturated rings. The number of hydrogen-bond acceptors (Lipinski definition) is 5. The summed E-state index contributed by atoms with van der Waals surface area (Å²) >= 11 is 5.93. The lowest BCUT2D eigenvalue weighted by Crippen LogP contribution is -2.55. The maximum Gasteiger partial charge on any atom is 0.351 e. The van der Waals surface area contributed by atoms with E-state index in [1.165, 1.54) is 12.6 Å². The predicted molar refractivity (Wildman–Crippen MR) is 124 cm³/mol. The van der Waals surface area contributed by atoms with Crippen molar-refractivity contribution in [3.05, 3.63) is 85.6 Å². The van der Waals surface area contributed by atoms with E-state index in [2.05, 4.69) is 22.1 Å².